The largest absolute Gasteiger partial charge is 0.492 e. The molecule has 2 aliphatic heterocycles. The molecule has 0 atom stereocenters. The number of carbonyl (C=O) groups excluding carboxylic acids is 1. The van der Waals surface area contributed by atoms with Crippen molar-refractivity contribution in [2.45, 2.75) is 0 Å². The van der Waals surface area contributed by atoms with E-state index in [0.29, 0.717) is 24.7 Å². The molecular formula is C13H16N2O4. The fourth-order valence-electron chi connectivity index (χ4n) is 1.93. The Morgan fingerprint density at radius 2 is 2.21 bits per heavy atom. The van der Waals surface area contributed by atoms with E-state index in [4.69, 9.17) is 14.2 Å². The first-order chi connectivity index (χ1) is 9.33. The highest BCUT2D eigenvalue weighted by molar-refractivity contribution is 5.79. The third kappa shape index (κ3) is 2.73. The van der Waals surface area contributed by atoms with Crippen LogP contribution in [0.2, 0.25) is 0 Å². The van der Waals surface area contributed by atoms with Crippen molar-refractivity contribution in [3.05, 3.63) is 18.2 Å². The molecule has 0 spiro atoms. The Labute approximate surface area is 111 Å². The summed E-state index contributed by atoms with van der Waals surface area (Å²) >= 11 is 0. The van der Waals surface area contributed by atoms with Crippen molar-refractivity contribution >= 4 is 5.91 Å². The fourth-order valence-corrected chi connectivity index (χ4v) is 1.93. The lowest BCUT2D eigenvalue weighted by Crippen LogP contribution is -2.51. The van der Waals surface area contributed by atoms with Crippen LogP contribution in [0.1, 0.15) is 0 Å². The van der Waals surface area contributed by atoms with Crippen molar-refractivity contribution in [2.24, 2.45) is 5.92 Å². The molecule has 0 saturated carbocycles. The van der Waals surface area contributed by atoms with E-state index in [-0.39, 0.29) is 18.6 Å². The van der Waals surface area contributed by atoms with Crippen LogP contribution in [0.25, 0.3) is 0 Å². The molecule has 102 valence electrons. The van der Waals surface area contributed by atoms with Crippen molar-refractivity contribution in [1.82, 2.24) is 10.6 Å². The number of amides is 1. The van der Waals surface area contributed by atoms with Crippen LogP contribution in [0.3, 0.4) is 0 Å². The third-order valence-electron chi connectivity index (χ3n) is 3.17. The van der Waals surface area contributed by atoms with Gasteiger partial charge < -0.3 is 24.8 Å². The lowest BCUT2D eigenvalue weighted by atomic mass is 10.0. The summed E-state index contributed by atoms with van der Waals surface area (Å²) in [5.41, 5.74) is 0. The van der Waals surface area contributed by atoms with E-state index in [9.17, 15) is 4.79 Å². The Morgan fingerprint density at radius 1 is 1.37 bits per heavy atom. The molecule has 1 aromatic carbocycles. The van der Waals surface area contributed by atoms with Gasteiger partial charge >= 0.3 is 0 Å². The van der Waals surface area contributed by atoms with Crippen LogP contribution < -0.4 is 24.8 Å². The maximum atomic E-state index is 11.5. The predicted molar refractivity (Wildman–Crippen MR) is 67.4 cm³/mol. The summed E-state index contributed by atoms with van der Waals surface area (Å²) in [4.78, 5) is 11.5. The van der Waals surface area contributed by atoms with Gasteiger partial charge in [-0.15, -0.1) is 0 Å². The minimum Gasteiger partial charge on any atom is -0.492 e. The molecule has 6 nitrogen and oxygen atoms in total. The molecule has 0 unspecified atom stereocenters. The fraction of sp³-hybridized carbons (Fsp3) is 0.462. The molecule has 1 amide bonds. The Kier molecular flexibility index (Phi) is 3.41. The second kappa shape index (κ2) is 5.36. The van der Waals surface area contributed by atoms with Crippen LogP contribution in [0, 0.1) is 5.92 Å². The molecule has 0 radical (unpaired) electrons. The zero-order valence-corrected chi connectivity index (χ0v) is 10.5. The maximum absolute atomic E-state index is 11.5. The molecule has 0 aliphatic carbocycles. The topological polar surface area (TPSA) is 68.8 Å². The zero-order chi connectivity index (χ0) is 13.1. The lowest BCUT2D eigenvalue weighted by Gasteiger charge is -2.25. The second-order valence-electron chi connectivity index (χ2n) is 4.51. The number of carbonyl (C=O) groups is 1. The van der Waals surface area contributed by atoms with Gasteiger partial charge in [0, 0.05) is 19.2 Å². The van der Waals surface area contributed by atoms with E-state index >= 15 is 0 Å². The highest BCUT2D eigenvalue weighted by atomic mass is 16.7. The molecule has 0 aromatic heterocycles. The summed E-state index contributed by atoms with van der Waals surface area (Å²) in [6.45, 7) is 2.74. The Bertz CT molecular complexity index is 474. The summed E-state index contributed by atoms with van der Waals surface area (Å²) < 4.78 is 16.0. The summed E-state index contributed by atoms with van der Waals surface area (Å²) in [6, 6.07) is 5.43. The van der Waals surface area contributed by atoms with E-state index in [1.54, 1.807) is 6.07 Å². The van der Waals surface area contributed by atoms with Crippen molar-refractivity contribution in [2.75, 3.05) is 33.0 Å². The highest BCUT2D eigenvalue weighted by Gasteiger charge is 2.24. The first-order valence-electron chi connectivity index (χ1n) is 6.34. The number of nitrogens with one attached hydrogen (secondary N) is 2. The lowest BCUT2D eigenvalue weighted by molar-refractivity contribution is -0.126. The normalized spacial score (nSPS) is 16.8. The van der Waals surface area contributed by atoms with Gasteiger partial charge in [0.2, 0.25) is 12.7 Å². The third-order valence-corrected chi connectivity index (χ3v) is 3.17. The quantitative estimate of drug-likeness (QED) is 0.740. The van der Waals surface area contributed by atoms with E-state index in [0.717, 1.165) is 18.8 Å². The van der Waals surface area contributed by atoms with Gasteiger partial charge in [0.15, 0.2) is 11.5 Å². The number of rotatable bonds is 5. The average molecular weight is 264 g/mol. The predicted octanol–water partition coefficient (Wildman–Crippen LogP) is 0.130. The van der Waals surface area contributed by atoms with Crippen molar-refractivity contribution < 1.29 is 19.0 Å². The van der Waals surface area contributed by atoms with Gasteiger partial charge in [-0.25, -0.2) is 0 Å². The minimum atomic E-state index is 0.0908. The van der Waals surface area contributed by atoms with Crippen LogP contribution in [0.5, 0.6) is 17.2 Å². The number of benzene rings is 1. The molecule has 6 heteroatoms. The monoisotopic (exact) mass is 264 g/mol. The standard InChI is InChI=1S/C13H16N2O4/c16-13(9-6-14-7-9)15-3-4-17-10-1-2-11-12(5-10)19-8-18-11/h1-2,5,9,14H,3-4,6-8H2,(H,15,16). The van der Waals surface area contributed by atoms with Crippen LogP contribution in [-0.2, 0) is 4.79 Å². The smallest absolute Gasteiger partial charge is 0.231 e. The van der Waals surface area contributed by atoms with Gasteiger partial charge in [-0.1, -0.05) is 0 Å². The van der Waals surface area contributed by atoms with E-state index < -0.39 is 0 Å². The average Bonchev–Trinajstić information content (AvgIpc) is 2.79. The van der Waals surface area contributed by atoms with Crippen molar-refractivity contribution in [1.29, 1.82) is 0 Å². The second-order valence-corrected chi connectivity index (χ2v) is 4.51. The molecule has 2 N–H and O–H groups in total. The van der Waals surface area contributed by atoms with Gasteiger partial charge in [-0.3, -0.25) is 4.79 Å². The number of hydrogen-bond donors (Lipinski definition) is 2. The SMILES string of the molecule is O=C(NCCOc1ccc2c(c1)OCO2)C1CNC1. The zero-order valence-electron chi connectivity index (χ0n) is 10.5. The number of fused-ring (bicyclic) bond motifs is 1. The molecule has 2 heterocycles. The van der Waals surface area contributed by atoms with E-state index in [1.165, 1.54) is 0 Å². The molecule has 2 aliphatic rings. The van der Waals surface area contributed by atoms with Crippen LogP contribution in [0.4, 0.5) is 0 Å². The van der Waals surface area contributed by atoms with Gasteiger partial charge in [0.1, 0.15) is 12.4 Å². The molecular weight excluding hydrogens is 248 g/mol. The Morgan fingerprint density at radius 3 is 3.00 bits per heavy atom. The maximum Gasteiger partial charge on any atom is 0.231 e. The van der Waals surface area contributed by atoms with Gasteiger partial charge in [0.05, 0.1) is 12.5 Å². The molecule has 1 fully saturated rings. The van der Waals surface area contributed by atoms with Crippen molar-refractivity contribution in [3.63, 3.8) is 0 Å². The van der Waals surface area contributed by atoms with Crippen LogP contribution >= 0.6 is 0 Å². The first-order valence-corrected chi connectivity index (χ1v) is 6.34. The number of hydrogen-bond acceptors (Lipinski definition) is 5. The summed E-state index contributed by atoms with van der Waals surface area (Å²) in [6.07, 6.45) is 0. The summed E-state index contributed by atoms with van der Waals surface area (Å²) in [5, 5.41) is 5.91. The van der Waals surface area contributed by atoms with E-state index in [1.807, 2.05) is 12.1 Å². The first kappa shape index (κ1) is 12.1. The summed E-state index contributed by atoms with van der Waals surface area (Å²) in [7, 11) is 0. The Hall–Kier alpha value is -1.95. The molecule has 19 heavy (non-hydrogen) atoms. The highest BCUT2D eigenvalue weighted by Crippen LogP contribution is 2.34. The molecule has 0 bridgehead atoms. The van der Waals surface area contributed by atoms with Crippen molar-refractivity contribution in [3.8, 4) is 17.2 Å². The minimum absolute atomic E-state index is 0.0908. The van der Waals surface area contributed by atoms with Gasteiger partial charge in [0.25, 0.3) is 0 Å². The molecule has 1 saturated heterocycles. The number of ether oxygens (including phenoxy) is 3. The van der Waals surface area contributed by atoms with Crippen LogP contribution in [0.15, 0.2) is 18.2 Å². The Balaban J connectivity index is 1.41. The van der Waals surface area contributed by atoms with E-state index in [2.05, 4.69) is 10.6 Å². The molecule has 3 rings (SSSR count). The van der Waals surface area contributed by atoms with Crippen LogP contribution in [-0.4, -0.2) is 38.9 Å². The van der Waals surface area contributed by atoms with Gasteiger partial charge in [-0.2, -0.15) is 0 Å². The van der Waals surface area contributed by atoms with Gasteiger partial charge in [-0.05, 0) is 12.1 Å². The summed E-state index contributed by atoms with van der Waals surface area (Å²) in [5.74, 6) is 2.35. The molecule has 1 aromatic rings.